The van der Waals surface area contributed by atoms with Crippen molar-refractivity contribution in [2.75, 3.05) is 20.7 Å². The minimum absolute atomic E-state index is 0.143. The molecule has 2 fully saturated rings. The number of hydrogen-bond acceptors (Lipinski definition) is 4. The van der Waals surface area contributed by atoms with E-state index in [0.29, 0.717) is 24.5 Å². The van der Waals surface area contributed by atoms with Gasteiger partial charge < -0.3 is 15.0 Å². The van der Waals surface area contributed by atoms with Crippen molar-refractivity contribution < 1.29 is 9.53 Å². The van der Waals surface area contributed by atoms with E-state index in [-0.39, 0.29) is 11.9 Å². The van der Waals surface area contributed by atoms with E-state index >= 15 is 0 Å². The fraction of sp³-hybridized carbons (Fsp3) is 0.778. The highest BCUT2D eigenvalue weighted by molar-refractivity contribution is 5.77. The quantitative estimate of drug-likeness (QED) is 0.846. The maximum atomic E-state index is 12.5. The molecule has 0 spiro atoms. The smallest absolute Gasteiger partial charge is 0.220 e. The molecule has 24 heavy (non-hydrogen) atoms. The molecular formula is C18H28N4O2. The lowest BCUT2D eigenvalue weighted by Gasteiger charge is -2.50. The number of hydrogen-bond donors (Lipinski definition) is 2. The summed E-state index contributed by atoms with van der Waals surface area (Å²) in [4.78, 5) is 14.6. The van der Waals surface area contributed by atoms with E-state index in [9.17, 15) is 4.79 Å². The molecule has 0 bridgehead atoms. The van der Waals surface area contributed by atoms with Crippen molar-refractivity contribution in [3.05, 3.63) is 17.0 Å². The molecule has 4 rings (SSSR count). The van der Waals surface area contributed by atoms with Gasteiger partial charge in [0.1, 0.15) is 0 Å². The number of aromatic nitrogens is 2. The van der Waals surface area contributed by atoms with Crippen LogP contribution in [0, 0.1) is 5.92 Å². The molecule has 1 aliphatic heterocycles. The van der Waals surface area contributed by atoms with Crippen LogP contribution < -0.4 is 5.32 Å². The predicted octanol–water partition coefficient (Wildman–Crippen LogP) is 1.05. The van der Waals surface area contributed by atoms with Gasteiger partial charge in [0.15, 0.2) is 0 Å². The van der Waals surface area contributed by atoms with Crippen molar-refractivity contribution in [3.63, 3.8) is 0 Å². The lowest BCUT2D eigenvalue weighted by atomic mass is 9.71. The molecule has 1 aromatic rings. The lowest BCUT2D eigenvalue weighted by Crippen LogP contribution is -2.69. The van der Waals surface area contributed by atoms with Gasteiger partial charge in [-0.05, 0) is 51.8 Å². The topological polar surface area (TPSA) is 70.2 Å². The summed E-state index contributed by atoms with van der Waals surface area (Å²) in [6, 6.07) is 0.535. The standard InChI is InChI=1S/C18H28N4O2/c1-22(2)17-16(12-9-10-24-18(12)17)19-15(23)8-7-14-11-5-3-4-6-13(11)20-21-14/h12,16-18H,3-10H2,1-2H3,(H,19,23)(H,20,21)/t12-,16+,17-,18-/m1/s1. The fourth-order valence-electron chi connectivity index (χ4n) is 4.73. The maximum absolute atomic E-state index is 12.5. The molecule has 6 heteroatoms. The number of nitrogens with one attached hydrogen (secondary N) is 2. The summed E-state index contributed by atoms with van der Waals surface area (Å²) in [5, 5.41) is 10.9. The summed E-state index contributed by atoms with van der Waals surface area (Å²) >= 11 is 0. The summed E-state index contributed by atoms with van der Waals surface area (Å²) in [7, 11) is 4.13. The van der Waals surface area contributed by atoms with E-state index in [2.05, 4.69) is 34.5 Å². The van der Waals surface area contributed by atoms with Crippen molar-refractivity contribution in [3.8, 4) is 0 Å². The molecule has 1 saturated heterocycles. The Labute approximate surface area is 143 Å². The van der Waals surface area contributed by atoms with Gasteiger partial charge in [0.25, 0.3) is 0 Å². The SMILES string of the molecule is CN(C)[C@@H]1[C@@H](NC(=O)CCc2n[nH]c3c2CCCC3)[C@H]2CCO[C@H]21. The zero-order chi connectivity index (χ0) is 16.7. The van der Waals surface area contributed by atoms with Crippen LogP contribution in [0.1, 0.15) is 42.6 Å². The zero-order valence-corrected chi connectivity index (χ0v) is 14.7. The third kappa shape index (κ3) is 2.75. The number of H-pyrrole nitrogens is 1. The third-order valence-corrected chi connectivity index (χ3v) is 6.00. The van der Waals surface area contributed by atoms with Crippen molar-refractivity contribution in [2.45, 2.75) is 63.1 Å². The number of amides is 1. The number of aryl methyl sites for hydroxylation is 2. The Morgan fingerprint density at radius 3 is 3.04 bits per heavy atom. The third-order valence-electron chi connectivity index (χ3n) is 6.00. The number of ether oxygens (including phenoxy) is 1. The number of carbonyl (C=O) groups excluding carboxylic acids is 1. The van der Waals surface area contributed by atoms with Gasteiger partial charge in [0, 0.05) is 31.1 Å². The first kappa shape index (κ1) is 16.1. The number of likely N-dealkylation sites (N-methyl/N-ethyl adjacent to an activating group) is 1. The van der Waals surface area contributed by atoms with E-state index in [1.165, 1.54) is 24.1 Å². The van der Waals surface area contributed by atoms with Crippen LogP contribution in [0.4, 0.5) is 0 Å². The molecule has 0 radical (unpaired) electrons. The van der Waals surface area contributed by atoms with Crippen LogP contribution in [0.5, 0.6) is 0 Å². The van der Waals surface area contributed by atoms with Crippen LogP contribution >= 0.6 is 0 Å². The summed E-state index contributed by atoms with van der Waals surface area (Å²) in [5.74, 6) is 0.629. The van der Waals surface area contributed by atoms with Gasteiger partial charge in [-0.2, -0.15) is 5.10 Å². The van der Waals surface area contributed by atoms with Crippen molar-refractivity contribution in [1.29, 1.82) is 0 Å². The maximum Gasteiger partial charge on any atom is 0.220 e. The fourth-order valence-corrected chi connectivity index (χ4v) is 4.73. The Bertz CT molecular complexity index is 612. The Kier molecular flexibility index (Phi) is 4.35. The minimum atomic E-state index is 0.143. The van der Waals surface area contributed by atoms with Crippen LogP contribution in [0.2, 0.25) is 0 Å². The van der Waals surface area contributed by atoms with Crippen LogP contribution in [0.3, 0.4) is 0 Å². The molecule has 0 aromatic carbocycles. The Balaban J connectivity index is 1.33. The van der Waals surface area contributed by atoms with Gasteiger partial charge in [-0.1, -0.05) is 0 Å². The van der Waals surface area contributed by atoms with Crippen LogP contribution in [0.25, 0.3) is 0 Å². The molecule has 0 unspecified atom stereocenters. The van der Waals surface area contributed by atoms with Gasteiger partial charge in [-0.25, -0.2) is 0 Å². The molecule has 3 aliphatic rings. The van der Waals surface area contributed by atoms with Gasteiger partial charge >= 0.3 is 0 Å². The first-order chi connectivity index (χ1) is 11.6. The Morgan fingerprint density at radius 2 is 2.21 bits per heavy atom. The minimum Gasteiger partial charge on any atom is -0.376 e. The first-order valence-corrected chi connectivity index (χ1v) is 9.27. The summed E-state index contributed by atoms with van der Waals surface area (Å²) in [6.07, 6.45) is 7.30. The highest BCUT2D eigenvalue weighted by Crippen LogP contribution is 2.41. The summed E-state index contributed by atoms with van der Waals surface area (Å²) in [6.45, 7) is 0.825. The first-order valence-electron chi connectivity index (χ1n) is 9.27. The van der Waals surface area contributed by atoms with E-state index in [0.717, 1.165) is 38.0 Å². The second kappa shape index (κ2) is 6.48. The highest BCUT2D eigenvalue weighted by Gasteiger charge is 2.55. The largest absolute Gasteiger partial charge is 0.376 e. The monoisotopic (exact) mass is 332 g/mol. The molecule has 1 saturated carbocycles. The van der Waals surface area contributed by atoms with E-state index in [1.54, 1.807) is 0 Å². The zero-order valence-electron chi connectivity index (χ0n) is 14.7. The van der Waals surface area contributed by atoms with E-state index in [4.69, 9.17) is 4.74 Å². The Hall–Kier alpha value is -1.40. The average molecular weight is 332 g/mol. The lowest BCUT2D eigenvalue weighted by molar-refractivity contribution is -0.128. The molecule has 1 amide bonds. The number of fused-ring (bicyclic) bond motifs is 2. The molecule has 6 nitrogen and oxygen atoms in total. The average Bonchev–Trinajstić information content (AvgIpc) is 3.15. The van der Waals surface area contributed by atoms with Gasteiger partial charge in [-0.15, -0.1) is 0 Å². The van der Waals surface area contributed by atoms with E-state index in [1.807, 2.05) is 0 Å². The predicted molar refractivity (Wildman–Crippen MR) is 90.8 cm³/mol. The normalized spacial score (nSPS) is 31.5. The van der Waals surface area contributed by atoms with E-state index < -0.39 is 0 Å². The van der Waals surface area contributed by atoms with Crippen molar-refractivity contribution >= 4 is 5.91 Å². The van der Waals surface area contributed by atoms with Gasteiger partial charge in [0.2, 0.25) is 5.91 Å². The number of nitrogens with zero attached hydrogens (tertiary/aromatic N) is 2. The summed E-state index contributed by atoms with van der Waals surface area (Å²) in [5.41, 5.74) is 3.75. The number of rotatable bonds is 5. The van der Waals surface area contributed by atoms with Crippen LogP contribution in [-0.4, -0.2) is 59.9 Å². The van der Waals surface area contributed by atoms with Crippen LogP contribution in [-0.2, 0) is 28.8 Å². The van der Waals surface area contributed by atoms with Gasteiger partial charge in [-0.3, -0.25) is 9.89 Å². The second-order valence-corrected chi connectivity index (χ2v) is 7.67. The van der Waals surface area contributed by atoms with Crippen molar-refractivity contribution in [2.24, 2.45) is 5.92 Å². The van der Waals surface area contributed by atoms with Gasteiger partial charge in [0.05, 0.1) is 23.9 Å². The van der Waals surface area contributed by atoms with Crippen molar-refractivity contribution in [1.82, 2.24) is 20.4 Å². The molecule has 132 valence electrons. The number of carbonyl (C=O) groups is 1. The molecule has 2 heterocycles. The molecule has 1 aromatic heterocycles. The Morgan fingerprint density at radius 1 is 1.38 bits per heavy atom. The number of aromatic amines is 1. The molecule has 2 N–H and O–H groups in total. The molecule has 4 atom stereocenters. The highest BCUT2D eigenvalue weighted by atomic mass is 16.5. The van der Waals surface area contributed by atoms with Crippen LogP contribution in [0.15, 0.2) is 0 Å². The molecule has 2 aliphatic carbocycles. The second-order valence-electron chi connectivity index (χ2n) is 7.67. The molecular weight excluding hydrogens is 304 g/mol. The summed E-state index contributed by atoms with van der Waals surface area (Å²) < 4.78 is 5.81.